The Hall–Kier alpha value is -3.25. The summed E-state index contributed by atoms with van der Waals surface area (Å²) < 4.78 is 3.30. The van der Waals surface area contributed by atoms with Gasteiger partial charge in [0.1, 0.15) is 4.83 Å². The fourth-order valence-electron chi connectivity index (χ4n) is 3.67. The van der Waals surface area contributed by atoms with Crippen molar-refractivity contribution in [1.82, 2.24) is 19.2 Å². The second kappa shape index (κ2) is 6.97. The Labute approximate surface area is 171 Å². The van der Waals surface area contributed by atoms with Gasteiger partial charge < -0.3 is 0 Å². The summed E-state index contributed by atoms with van der Waals surface area (Å²) in [6.07, 6.45) is 0.601. The van der Waals surface area contributed by atoms with Gasteiger partial charge in [-0.1, -0.05) is 60.7 Å². The van der Waals surface area contributed by atoms with Gasteiger partial charge in [0.05, 0.1) is 11.9 Å². The third-order valence-electron chi connectivity index (χ3n) is 5.29. The summed E-state index contributed by atoms with van der Waals surface area (Å²) in [5.41, 5.74) is 3.88. The molecule has 0 aliphatic heterocycles. The van der Waals surface area contributed by atoms with Crippen molar-refractivity contribution in [2.45, 2.75) is 26.8 Å². The Balaban J connectivity index is 1.73. The summed E-state index contributed by atoms with van der Waals surface area (Å²) in [7, 11) is 0. The van der Waals surface area contributed by atoms with Crippen molar-refractivity contribution in [3.63, 3.8) is 0 Å². The average Bonchev–Trinajstić information content (AvgIpc) is 3.28. The lowest BCUT2D eigenvalue weighted by Crippen LogP contribution is -2.28. The van der Waals surface area contributed by atoms with Crippen LogP contribution in [0.15, 0.2) is 65.5 Å². The van der Waals surface area contributed by atoms with E-state index < -0.39 is 0 Å². The Morgan fingerprint density at radius 2 is 1.59 bits per heavy atom. The van der Waals surface area contributed by atoms with Crippen LogP contribution in [0.5, 0.6) is 0 Å². The summed E-state index contributed by atoms with van der Waals surface area (Å²) in [4.78, 5) is 20.3. The number of thiophene rings is 1. The van der Waals surface area contributed by atoms with Crippen LogP contribution in [0.3, 0.4) is 0 Å². The van der Waals surface area contributed by atoms with Crippen molar-refractivity contribution in [3.8, 4) is 0 Å². The van der Waals surface area contributed by atoms with Gasteiger partial charge in [-0.2, -0.15) is 4.52 Å². The largest absolute Gasteiger partial charge is 0.352 e. The Kier molecular flexibility index (Phi) is 4.28. The van der Waals surface area contributed by atoms with Crippen molar-refractivity contribution < 1.29 is 0 Å². The van der Waals surface area contributed by atoms with Crippen molar-refractivity contribution in [1.29, 1.82) is 0 Å². The quantitative estimate of drug-likeness (QED) is 0.450. The molecular weight excluding hydrogens is 380 g/mol. The molecule has 0 radical (unpaired) electrons. The van der Waals surface area contributed by atoms with Crippen LogP contribution in [-0.4, -0.2) is 19.2 Å². The highest BCUT2D eigenvalue weighted by molar-refractivity contribution is 7.19. The van der Waals surface area contributed by atoms with E-state index in [4.69, 9.17) is 4.98 Å². The minimum atomic E-state index is -0.149. The van der Waals surface area contributed by atoms with E-state index in [1.165, 1.54) is 9.39 Å². The van der Waals surface area contributed by atoms with Gasteiger partial charge >= 0.3 is 5.69 Å². The summed E-state index contributed by atoms with van der Waals surface area (Å²) in [6, 6.07) is 20.1. The lowest BCUT2D eigenvalue weighted by molar-refractivity contribution is 0.714. The molecule has 0 aliphatic carbocycles. The number of aromatic nitrogens is 4. The smallest absolute Gasteiger partial charge is 0.278 e. The zero-order valence-corrected chi connectivity index (χ0v) is 17.1. The predicted octanol–water partition coefficient (Wildman–Crippen LogP) is 4.36. The first-order valence-corrected chi connectivity index (χ1v) is 10.4. The SMILES string of the molecule is Cc1sc2c(c1C)c1nc(Cc3ccccc3)nn1c(=O)n2Cc1ccccc1. The second-order valence-electron chi connectivity index (χ2n) is 7.24. The zero-order valence-electron chi connectivity index (χ0n) is 16.3. The fourth-order valence-corrected chi connectivity index (χ4v) is 4.82. The predicted molar refractivity (Wildman–Crippen MR) is 117 cm³/mol. The number of fused-ring (bicyclic) bond motifs is 3. The van der Waals surface area contributed by atoms with Gasteiger partial charge in [-0.25, -0.2) is 9.78 Å². The van der Waals surface area contributed by atoms with Crippen LogP contribution in [0.2, 0.25) is 0 Å². The zero-order chi connectivity index (χ0) is 20.0. The molecule has 5 aromatic rings. The maximum absolute atomic E-state index is 13.4. The minimum Gasteiger partial charge on any atom is -0.278 e. The first-order valence-electron chi connectivity index (χ1n) is 9.58. The number of hydrogen-bond donors (Lipinski definition) is 0. The number of aryl methyl sites for hydroxylation is 2. The van der Waals surface area contributed by atoms with Crippen molar-refractivity contribution in [3.05, 3.63) is 98.5 Å². The van der Waals surface area contributed by atoms with Gasteiger partial charge in [0.2, 0.25) is 0 Å². The monoisotopic (exact) mass is 400 g/mol. The van der Waals surface area contributed by atoms with Gasteiger partial charge in [-0.15, -0.1) is 16.4 Å². The summed E-state index contributed by atoms with van der Waals surface area (Å²) in [5.74, 6) is 0.662. The fraction of sp³-hybridized carbons (Fsp3) is 0.174. The molecule has 144 valence electrons. The highest BCUT2D eigenvalue weighted by Crippen LogP contribution is 2.32. The first kappa shape index (κ1) is 17.8. The number of hydrogen-bond acceptors (Lipinski definition) is 4. The Bertz CT molecular complexity index is 1380. The van der Waals surface area contributed by atoms with Crippen LogP contribution in [0.1, 0.15) is 27.4 Å². The topological polar surface area (TPSA) is 52.2 Å². The molecule has 6 heteroatoms. The molecule has 0 saturated carbocycles. The summed E-state index contributed by atoms with van der Waals surface area (Å²) >= 11 is 1.65. The van der Waals surface area contributed by atoms with E-state index in [0.717, 1.165) is 26.9 Å². The molecule has 0 spiro atoms. The van der Waals surface area contributed by atoms with E-state index in [0.29, 0.717) is 24.4 Å². The second-order valence-corrected chi connectivity index (χ2v) is 8.45. The number of nitrogens with zero attached hydrogens (tertiary/aromatic N) is 4. The molecule has 3 heterocycles. The lowest BCUT2D eigenvalue weighted by atomic mass is 10.1. The van der Waals surface area contributed by atoms with Gasteiger partial charge in [-0.3, -0.25) is 4.57 Å². The molecule has 0 aliphatic rings. The third kappa shape index (κ3) is 3.06. The van der Waals surface area contributed by atoms with Gasteiger partial charge in [-0.05, 0) is 30.5 Å². The highest BCUT2D eigenvalue weighted by Gasteiger charge is 2.20. The van der Waals surface area contributed by atoms with E-state index >= 15 is 0 Å². The molecule has 29 heavy (non-hydrogen) atoms. The summed E-state index contributed by atoms with van der Waals surface area (Å²) in [6.45, 7) is 4.70. The highest BCUT2D eigenvalue weighted by atomic mass is 32.1. The van der Waals surface area contributed by atoms with Crippen molar-refractivity contribution >= 4 is 27.2 Å². The van der Waals surface area contributed by atoms with Gasteiger partial charge in [0.25, 0.3) is 0 Å². The Morgan fingerprint density at radius 1 is 0.931 bits per heavy atom. The van der Waals surface area contributed by atoms with Crippen LogP contribution in [0, 0.1) is 13.8 Å². The first-order chi connectivity index (χ1) is 14.1. The van der Waals surface area contributed by atoms with Crippen LogP contribution in [-0.2, 0) is 13.0 Å². The van der Waals surface area contributed by atoms with Gasteiger partial charge in [0.15, 0.2) is 11.5 Å². The molecule has 0 amide bonds. The van der Waals surface area contributed by atoms with E-state index in [9.17, 15) is 4.79 Å². The maximum atomic E-state index is 13.4. The average molecular weight is 401 g/mol. The number of benzene rings is 2. The third-order valence-corrected chi connectivity index (χ3v) is 6.52. The van der Waals surface area contributed by atoms with E-state index in [1.807, 2.05) is 53.1 Å². The molecule has 5 rings (SSSR count). The molecule has 3 aromatic heterocycles. The molecule has 2 aromatic carbocycles. The minimum absolute atomic E-state index is 0.149. The molecular formula is C23H20N4OS. The van der Waals surface area contributed by atoms with Crippen molar-refractivity contribution in [2.24, 2.45) is 0 Å². The molecule has 0 saturated heterocycles. The molecule has 0 unspecified atom stereocenters. The molecule has 0 fully saturated rings. The molecule has 0 N–H and O–H groups in total. The standard InChI is InChI=1S/C23H20N4OS/c1-15-16(2)29-22-20(15)21-24-19(13-17-9-5-3-6-10-17)25-27(21)23(28)26(22)14-18-11-7-4-8-12-18/h3-12H,13-14H2,1-2H3. The molecule has 5 nitrogen and oxygen atoms in total. The van der Waals surface area contributed by atoms with Crippen LogP contribution in [0.25, 0.3) is 15.9 Å². The lowest BCUT2D eigenvalue weighted by Gasteiger charge is -2.08. The van der Waals surface area contributed by atoms with E-state index in [-0.39, 0.29) is 5.69 Å². The molecule has 0 bridgehead atoms. The maximum Gasteiger partial charge on any atom is 0.352 e. The summed E-state index contributed by atoms with van der Waals surface area (Å²) in [5, 5.41) is 5.61. The van der Waals surface area contributed by atoms with Crippen molar-refractivity contribution in [2.75, 3.05) is 0 Å². The van der Waals surface area contributed by atoms with Crippen LogP contribution < -0.4 is 5.69 Å². The van der Waals surface area contributed by atoms with Crippen LogP contribution in [0.4, 0.5) is 0 Å². The molecule has 0 atom stereocenters. The van der Waals surface area contributed by atoms with E-state index in [2.05, 4.69) is 31.1 Å². The van der Waals surface area contributed by atoms with E-state index in [1.54, 1.807) is 11.3 Å². The Morgan fingerprint density at radius 3 is 2.28 bits per heavy atom. The van der Waals surface area contributed by atoms with Gasteiger partial charge in [0, 0.05) is 11.3 Å². The van der Waals surface area contributed by atoms with Crippen LogP contribution >= 0.6 is 11.3 Å². The normalized spacial score (nSPS) is 11.5. The number of rotatable bonds is 4.